The van der Waals surface area contributed by atoms with E-state index in [4.69, 9.17) is 11.6 Å². The van der Waals surface area contributed by atoms with E-state index in [-0.39, 0.29) is 5.41 Å². The summed E-state index contributed by atoms with van der Waals surface area (Å²) in [6.45, 7) is 4.68. The second-order valence-corrected chi connectivity index (χ2v) is 9.37. The number of halogens is 1. The van der Waals surface area contributed by atoms with Crippen LogP contribution < -0.4 is 0 Å². The standard InChI is InChI=1S/C25H17ClS/c1-25(2)18-12-10-14-16(7-5-8-20(14)26)22(18)23-19(25)13-11-17-15-6-3-4-9-21(15)27-24(17)23/h3-13H,1-2H3. The van der Waals surface area contributed by atoms with Gasteiger partial charge in [0, 0.05) is 41.6 Å². The maximum Gasteiger partial charge on any atom is 0.0484 e. The molecule has 4 aromatic carbocycles. The van der Waals surface area contributed by atoms with Crippen molar-refractivity contribution < 1.29 is 0 Å². The lowest BCUT2D eigenvalue weighted by atomic mass is 9.82. The van der Waals surface area contributed by atoms with Gasteiger partial charge in [0.25, 0.3) is 0 Å². The van der Waals surface area contributed by atoms with E-state index in [2.05, 4.69) is 74.5 Å². The summed E-state index contributed by atoms with van der Waals surface area (Å²) < 4.78 is 2.75. The van der Waals surface area contributed by atoms with E-state index in [0.717, 1.165) is 10.4 Å². The van der Waals surface area contributed by atoms with Gasteiger partial charge in [0.1, 0.15) is 0 Å². The molecule has 1 heterocycles. The van der Waals surface area contributed by atoms with Crippen LogP contribution in [0.4, 0.5) is 0 Å². The fourth-order valence-corrected chi connectivity index (χ4v) is 6.31. The van der Waals surface area contributed by atoms with Gasteiger partial charge in [-0.1, -0.05) is 80.0 Å². The van der Waals surface area contributed by atoms with Crippen molar-refractivity contribution in [2.45, 2.75) is 19.3 Å². The van der Waals surface area contributed by atoms with E-state index >= 15 is 0 Å². The Morgan fingerprint density at radius 1 is 0.667 bits per heavy atom. The monoisotopic (exact) mass is 384 g/mol. The van der Waals surface area contributed by atoms with Crippen molar-refractivity contribution in [1.29, 1.82) is 0 Å². The molecule has 0 atom stereocenters. The summed E-state index contributed by atoms with van der Waals surface area (Å²) in [5.74, 6) is 0. The van der Waals surface area contributed by atoms with Crippen molar-refractivity contribution in [2.24, 2.45) is 0 Å². The fourth-order valence-electron chi connectivity index (χ4n) is 4.81. The molecule has 0 saturated carbocycles. The quantitative estimate of drug-likeness (QED) is 0.252. The Bertz CT molecular complexity index is 1400. The highest BCUT2D eigenvalue weighted by Crippen LogP contribution is 2.55. The third-order valence-corrected chi connectivity index (χ3v) is 7.69. The van der Waals surface area contributed by atoms with Gasteiger partial charge < -0.3 is 0 Å². The molecule has 0 spiro atoms. The number of hydrogen-bond acceptors (Lipinski definition) is 1. The first-order valence-electron chi connectivity index (χ1n) is 9.24. The Hall–Kier alpha value is -2.35. The van der Waals surface area contributed by atoms with Gasteiger partial charge in [0.2, 0.25) is 0 Å². The average Bonchev–Trinajstić information content (AvgIpc) is 3.16. The average molecular weight is 385 g/mol. The molecule has 6 rings (SSSR count). The van der Waals surface area contributed by atoms with Gasteiger partial charge >= 0.3 is 0 Å². The van der Waals surface area contributed by atoms with Crippen molar-refractivity contribution in [2.75, 3.05) is 0 Å². The summed E-state index contributed by atoms with van der Waals surface area (Å²) in [6, 6.07) is 24.1. The Morgan fingerprint density at radius 3 is 2.22 bits per heavy atom. The second kappa shape index (κ2) is 5.13. The number of fused-ring (bicyclic) bond motifs is 9. The molecule has 2 heteroatoms. The first-order chi connectivity index (χ1) is 13.1. The SMILES string of the molecule is CC1(C)c2ccc3c(Cl)cccc3c2-c2c1ccc1c2sc2ccccc21. The van der Waals surface area contributed by atoms with Crippen molar-refractivity contribution >= 4 is 53.9 Å². The van der Waals surface area contributed by atoms with E-state index in [1.807, 2.05) is 17.4 Å². The molecular weight excluding hydrogens is 368 g/mol. The van der Waals surface area contributed by atoms with Crippen LogP contribution in [0.5, 0.6) is 0 Å². The molecule has 1 aliphatic carbocycles. The number of rotatable bonds is 0. The van der Waals surface area contributed by atoms with E-state index in [1.54, 1.807) is 0 Å². The van der Waals surface area contributed by atoms with Crippen molar-refractivity contribution in [1.82, 2.24) is 0 Å². The second-order valence-electron chi connectivity index (χ2n) is 7.91. The van der Waals surface area contributed by atoms with Gasteiger partial charge in [0.15, 0.2) is 0 Å². The molecule has 0 unspecified atom stereocenters. The van der Waals surface area contributed by atoms with Crippen LogP contribution in [0.1, 0.15) is 25.0 Å². The van der Waals surface area contributed by atoms with Crippen molar-refractivity contribution in [3.8, 4) is 11.1 Å². The lowest BCUT2D eigenvalue weighted by Gasteiger charge is -2.21. The third-order valence-electron chi connectivity index (χ3n) is 6.15. The molecule has 0 bridgehead atoms. The summed E-state index contributed by atoms with van der Waals surface area (Å²) in [5.41, 5.74) is 5.58. The van der Waals surface area contributed by atoms with Crippen LogP contribution in [0.25, 0.3) is 42.1 Å². The minimum atomic E-state index is -0.00839. The maximum atomic E-state index is 6.54. The normalized spacial score (nSPS) is 14.8. The van der Waals surface area contributed by atoms with Crippen LogP contribution in [-0.4, -0.2) is 0 Å². The minimum Gasteiger partial charge on any atom is -0.135 e. The van der Waals surface area contributed by atoms with Gasteiger partial charge in [-0.2, -0.15) is 0 Å². The minimum absolute atomic E-state index is 0.00839. The van der Waals surface area contributed by atoms with Crippen LogP contribution in [0.3, 0.4) is 0 Å². The van der Waals surface area contributed by atoms with Gasteiger partial charge in [0.05, 0.1) is 0 Å². The lowest BCUT2D eigenvalue weighted by Crippen LogP contribution is -2.14. The molecule has 5 aromatic rings. The lowest BCUT2D eigenvalue weighted by molar-refractivity contribution is 0.661. The number of thiophene rings is 1. The smallest absolute Gasteiger partial charge is 0.0484 e. The predicted molar refractivity (Wildman–Crippen MR) is 119 cm³/mol. The Morgan fingerprint density at radius 2 is 1.37 bits per heavy atom. The highest BCUT2D eigenvalue weighted by Gasteiger charge is 2.38. The summed E-state index contributed by atoms with van der Waals surface area (Å²) >= 11 is 8.45. The van der Waals surface area contributed by atoms with Crippen LogP contribution >= 0.6 is 22.9 Å². The highest BCUT2D eigenvalue weighted by molar-refractivity contribution is 7.26. The maximum absolute atomic E-state index is 6.54. The zero-order valence-electron chi connectivity index (χ0n) is 15.1. The first kappa shape index (κ1) is 15.7. The molecule has 0 amide bonds. The van der Waals surface area contributed by atoms with E-state index in [1.165, 1.54) is 47.8 Å². The first-order valence-corrected chi connectivity index (χ1v) is 10.4. The van der Waals surface area contributed by atoms with E-state index in [9.17, 15) is 0 Å². The van der Waals surface area contributed by atoms with Gasteiger partial charge in [-0.25, -0.2) is 0 Å². The molecule has 0 nitrogen and oxygen atoms in total. The molecule has 1 aromatic heterocycles. The van der Waals surface area contributed by atoms with Gasteiger partial charge in [-0.15, -0.1) is 11.3 Å². The summed E-state index contributed by atoms with van der Waals surface area (Å²) in [6.07, 6.45) is 0. The van der Waals surface area contributed by atoms with Crippen molar-refractivity contribution in [3.05, 3.63) is 82.9 Å². The summed E-state index contributed by atoms with van der Waals surface area (Å²) in [5, 5.41) is 5.93. The van der Waals surface area contributed by atoms with Gasteiger partial charge in [-0.3, -0.25) is 0 Å². The molecule has 130 valence electrons. The molecule has 27 heavy (non-hydrogen) atoms. The Labute approximate surface area is 167 Å². The summed E-state index contributed by atoms with van der Waals surface area (Å²) in [4.78, 5) is 0. The van der Waals surface area contributed by atoms with E-state index < -0.39 is 0 Å². The van der Waals surface area contributed by atoms with Crippen LogP contribution in [0.2, 0.25) is 5.02 Å². The molecule has 0 aliphatic heterocycles. The third kappa shape index (κ3) is 1.89. The van der Waals surface area contributed by atoms with Crippen LogP contribution in [0, 0.1) is 0 Å². The van der Waals surface area contributed by atoms with Crippen molar-refractivity contribution in [3.63, 3.8) is 0 Å². The zero-order chi connectivity index (χ0) is 18.3. The molecular formula is C25H17ClS. The molecule has 0 radical (unpaired) electrons. The molecule has 1 aliphatic rings. The Kier molecular flexibility index (Phi) is 2.98. The number of benzene rings is 4. The zero-order valence-corrected chi connectivity index (χ0v) is 16.7. The summed E-state index contributed by atoms with van der Waals surface area (Å²) in [7, 11) is 0. The van der Waals surface area contributed by atoms with Crippen LogP contribution in [-0.2, 0) is 5.41 Å². The highest BCUT2D eigenvalue weighted by atomic mass is 35.5. The molecule has 0 saturated heterocycles. The van der Waals surface area contributed by atoms with Gasteiger partial charge in [-0.05, 0) is 34.2 Å². The fraction of sp³-hybridized carbons (Fsp3) is 0.120. The molecule has 0 N–H and O–H groups in total. The van der Waals surface area contributed by atoms with Crippen LogP contribution in [0.15, 0.2) is 66.7 Å². The number of hydrogen-bond donors (Lipinski definition) is 0. The molecule has 0 fully saturated rings. The largest absolute Gasteiger partial charge is 0.135 e. The Balaban J connectivity index is 1.88. The van der Waals surface area contributed by atoms with E-state index in [0.29, 0.717) is 0 Å². The topological polar surface area (TPSA) is 0 Å². The predicted octanol–water partition coefficient (Wildman–Crippen LogP) is 8.17.